The van der Waals surface area contributed by atoms with Gasteiger partial charge in [0.15, 0.2) is 0 Å². The second-order valence-electron chi connectivity index (χ2n) is 4.64. The van der Waals surface area contributed by atoms with Crippen molar-refractivity contribution in [3.63, 3.8) is 0 Å². The summed E-state index contributed by atoms with van der Waals surface area (Å²) in [4.78, 5) is 14.0. The van der Waals surface area contributed by atoms with Crippen molar-refractivity contribution in [2.45, 2.75) is 33.2 Å². The molecule has 0 saturated heterocycles. The molecule has 0 radical (unpaired) electrons. The van der Waals surface area contributed by atoms with Crippen LogP contribution in [-0.2, 0) is 4.79 Å². The first-order valence-corrected chi connectivity index (χ1v) is 6.42. The molecule has 3 N–H and O–H groups in total. The Balaban J connectivity index is 2.40. The monoisotopic (exact) mass is 249 g/mol. The Morgan fingerprint density at radius 2 is 1.94 bits per heavy atom. The molecule has 0 aliphatic carbocycles. The summed E-state index contributed by atoms with van der Waals surface area (Å²) in [5, 5.41) is 2.87. The number of anilines is 2. The molecule has 0 saturated carbocycles. The zero-order chi connectivity index (χ0) is 13.5. The molecule has 0 unspecified atom stereocenters. The van der Waals surface area contributed by atoms with E-state index in [0.717, 1.165) is 18.8 Å². The largest absolute Gasteiger partial charge is 0.399 e. The molecule has 0 bridgehead atoms. The molecule has 0 atom stereocenters. The highest BCUT2D eigenvalue weighted by Crippen LogP contribution is 2.10. The highest BCUT2D eigenvalue weighted by Gasteiger charge is 2.09. The van der Waals surface area contributed by atoms with Crippen LogP contribution in [0.4, 0.5) is 11.4 Å². The minimum Gasteiger partial charge on any atom is -0.399 e. The van der Waals surface area contributed by atoms with E-state index in [1.54, 1.807) is 12.1 Å². The normalized spacial score (nSPS) is 10.9. The van der Waals surface area contributed by atoms with Crippen LogP contribution in [0.5, 0.6) is 0 Å². The van der Waals surface area contributed by atoms with E-state index in [2.05, 4.69) is 31.0 Å². The van der Waals surface area contributed by atoms with E-state index in [9.17, 15) is 4.79 Å². The first-order chi connectivity index (χ1) is 8.52. The number of carbonyl (C=O) groups excluding carboxylic acids is 1. The lowest BCUT2D eigenvalue weighted by Gasteiger charge is -2.24. The van der Waals surface area contributed by atoms with Gasteiger partial charge in [0.2, 0.25) is 5.91 Å². The van der Waals surface area contributed by atoms with Gasteiger partial charge in [-0.2, -0.15) is 0 Å². The van der Waals surface area contributed by atoms with Gasteiger partial charge in [-0.1, -0.05) is 6.92 Å². The third kappa shape index (κ3) is 4.75. The Kier molecular flexibility index (Phi) is 5.65. The minimum absolute atomic E-state index is 0.0406. The van der Waals surface area contributed by atoms with Crippen LogP contribution >= 0.6 is 0 Å². The zero-order valence-electron chi connectivity index (χ0n) is 11.4. The Hall–Kier alpha value is -1.55. The molecule has 4 heteroatoms. The SMILES string of the molecule is CCN(CCC(=O)Nc1ccc(N)cc1)C(C)C. The number of carbonyl (C=O) groups is 1. The molecule has 4 nitrogen and oxygen atoms in total. The lowest BCUT2D eigenvalue weighted by atomic mass is 10.2. The maximum absolute atomic E-state index is 11.8. The number of nitrogen functional groups attached to an aromatic ring is 1. The van der Waals surface area contributed by atoms with Crippen LogP contribution in [0.25, 0.3) is 0 Å². The van der Waals surface area contributed by atoms with Gasteiger partial charge in [0, 0.05) is 30.4 Å². The van der Waals surface area contributed by atoms with Gasteiger partial charge in [0.1, 0.15) is 0 Å². The molecule has 1 rings (SSSR count). The summed E-state index contributed by atoms with van der Waals surface area (Å²) in [6, 6.07) is 7.66. The smallest absolute Gasteiger partial charge is 0.225 e. The second-order valence-corrected chi connectivity index (χ2v) is 4.64. The van der Waals surface area contributed by atoms with E-state index in [0.29, 0.717) is 18.2 Å². The molecule has 1 aromatic carbocycles. The number of rotatable bonds is 6. The first-order valence-electron chi connectivity index (χ1n) is 6.42. The van der Waals surface area contributed by atoms with E-state index in [1.165, 1.54) is 0 Å². The van der Waals surface area contributed by atoms with E-state index in [4.69, 9.17) is 5.73 Å². The van der Waals surface area contributed by atoms with Crippen LogP contribution in [-0.4, -0.2) is 29.9 Å². The van der Waals surface area contributed by atoms with Gasteiger partial charge < -0.3 is 16.0 Å². The van der Waals surface area contributed by atoms with Crippen molar-refractivity contribution in [3.05, 3.63) is 24.3 Å². The van der Waals surface area contributed by atoms with Crippen LogP contribution in [0, 0.1) is 0 Å². The van der Waals surface area contributed by atoms with Crippen LogP contribution in [0.2, 0.25) is 0 Å². The molecule has 18 heavy (non-hydrogen) atoms. The van der Waals surface area contributed by atoms with Gasteiger partial charge in [-0.05, 0) is 44.7 Å². The Labute approximate surface area is 109 Å². The summed E-state index contributed by atoms with van der Waals surface area (Å²) < 4.78 is 0. The van der Waals surface area contributed by atoms with Gasteiger partial charge in [-0.3, -0.25) is 4.79 Å². The lowest BCUT2D eigenvalue weighted by Crippen LogP contribution is -2.33. The molecule has 0 aromatic heterocycles. The molecule has 0 aliphatic rings. The number of nitrogens with one attached hydrogen (secondary N) is 1. The van der Waals surface area contributed by atoms with Crippen molar-refractivity contribution in [1.29, 1.82) is 0 Å². The van der Waals surface area contributed by atoms with Crippen molar-refractivity contribution >= 4 is 17.3 Å². The van der Waals surface area contributed by atoms with E-state index in [1.807, 2.05) is 12.1 Å². The summed E-state index contributed by atoms with van der Waals surface area (Å²) in [5.74, 6) is 0.0406. The van der Waals surface area contributed by atoms with Gasteiger partial charge >= 0.3 is 0 Å². The molecule has 1 aromatic rings. The molecule has 100 valence electrons. The van der Waals surface area contributed by atoms with E-state index in [-0.39, 0.29) is 5.91 Å². The predicted octanol–water partition coefficient (Wildman–Crippen LogP) is 2.33. The molecule has 0 spiro atoms. The average Bonchev–Trinajstić information content (AvgIpc) is 2.32. The van der Waals surface area contributed by atoms with E-state index >= 15 is 0 Å². The summed E-state index contributed by atoms with van der Waals surface area (Å²) in [7, 11) is 0. The Morgan fingerprint density at radius 1 is 1.33 bits per heavy atom. The standard InChI is InChI=1S/C14H23N3O/c1-4-17(11(2)3)10-9-14(18)16-13-7-5-12(15)6-8-13/h5-8,11H,4,9-10,15H2,1-3H3,(H,16,18). The predicted molar refractivity (Wildman–Crippen MR) is 76.5 cm³/mol. The van der Waals surface area contributed by atoms with Crippen LogP contribution in [0.15, 0.2) is 24.3 Å². The Morgan fingerprint density at radius 3 is 2.44 bits per heavy atom. The fraction of sp³-hybridized carbons (Fsp3) is 0.500. The fourth-order valence-corrected chi connectivity index (χ4v) is 1.82. The molecule has 0 heterocycles. The molecule has 1 amide bonds. The van der Waals surface area contributed by atoms with Crippen LogP contribution < -0.4 is 11.1 Å². The molecule has 0 aliphatic heterocycles. The number of amides is 1. The molecular formula is C14H23N3O. The second kappa shape index (κ2) is 7.01. The maximum Gasteiger partial charge on any atom is 0.225 e. The van der Waals surface area contributed by atoms with Crippen LogP contribution in [0.1, 0.15) is 27.2 Å². The number of hydrogen-bond donors (Lipinski definition) is 2. The van der Waals surface area contributed by atoms with Crippen molar-refractivity contribution < 1.29 is 4.79 Å². The maximum atomic E-state index is 11.8. The zero-order valence-corrected chi connectivity index (χ0v) is 11.4. The third-order valence-electron chi connectivity index (χ3n) is 2.96. The molecule has 0 fully saturated rings. The quantitative estimate of drug-likeness (QED) is 0.761. The summed E-state index contributed by atoms with van der Waals surface area (Å²) >= 11 is 0. The fourth-order valence-electron chi connectivity index (χ4n) is 1.82. The van der Waals surface area contributed by atoms with Crippen molar-refractivity contribution in [3.8, 4) is 0 Å². The first kappa shape index (κ1) is 14.5. The number of nitrogens with zero attached hydrogens (tertiary/aromatic N) is 1. The average molecular weight is 249 g/mol. The topological polar surface area (TPSA) is 58.4 Å². The van der Waals surface area contributed by atoms with Gasteiger partial charge in [0.05, 0.1) is 0 Å². The number of nitrogens with two attached hydrogens (primary N) is 1. The summed E-state index contributed by atoms with van der Waals surface area (Å²) in [6.07, 6.45) is 0.510. The van der Waals surface area contributed by atoms with Gasteiger partial charge in [-0.15, -0.1) is 0 Å². The highest BCUT2D eigenvalue weighted by molar-refractivity contribution is 5.90. The third-order valence-corrected chi connectivity index (χ3v) is 2.96. The summed E-state index contributed by atoms with van der Waals surface area (Å²) in [6.45, 7) is 8.14. The molecular weight excluding hydrogens is 226 g/mol. The highest BCUT2D eigenvalue weighted by atomic mass is 16.1. The van der Waals surface area contributed by atoms with Gasteiger partial charge in [-0.25, -0.2) is 0 Å². The van der Waals surface area contributed by atoms with Crippen molar-refractivity contribution in [2.24, 2.45) is 0 Å². The summed E-state index contributed by atoms with van der Waals surface area (Å²) in [5.41, 5.74) is 7.08. The minimum atomic E-state index is 0.0406. The lowest BCUT2D eigenvalue weighted by molar-refractivity contribution is -0.116. The van der Waals surface area contributed by atoms with Gasteiger partial charge in [0.25, 0.3) is 0 Å². The van der Waals surface area contributed by atoms with Crippen LogP contribution in [0.3, 0.4) is 0 Å². The number of hydrogen-bond acceptors (Lipinski definition) is 3. The van der Waals surface area contributed by atoms with E-state index < -0.39 is 0 Å². The van der Waals surface area contributed by atoms with Crippen molar-refractivity contribution in [2.75, 3.05) is 24.1 Å². The number of benzene rings is 1. The Bertz CT molecular complexity index is 373. The van der Waals surface area contributed by atoms with Crippen molar-refractivity contribution in [1.82, 2.24) is 4.90 Å².